The summed E-state index contributed by atoms with van der Waals surface area (Å²) >= 11 is 0. The first-order valence-corrected chi connectivity index (χ1v) is 14.0. The highest BCUT2D eigenvalue weighted by molar-refractivity contribution is 5.67. The molecule has 188 valence electrons. The van der Waals surface area contributed by atoms with Crippen molar-refractivity contribution >= 4 is 5.57 Å². The molecule has 0 aliphatic heterocycles. The van der Waals surface area contributed by atoms with Crippen molar-refractivity contribution in [2.24, 2.45) is 29.6 Å². The molecule has 3 aliphatic carbocycles. The second-order valence-corrected chi connectivity index (χ2v) is 11.1. The third-order valence-corrected chi connectivity index (χ3v) is 9.03. The molecule has 0 N–H and O–H groups in total. The molecule has 0 aromatic heterocycles. The van der Waals surface area contributed by atoms with Gasteiger partial charge < -0.3 is 4.74 Å². The summed E-state index contributed by atoms with van der Waals surface area (Å²) in [6, 6.07) is 3.31. The highest BCUT2D eigenvalue weighted by Gasteiger charge is 2.33. The molecule has 1 atom stereocenters. The molecule has 1 aromatic carbocycles. The number of benzene rings is 1. The van der Waals surface area contributed by atoms with E-state index in [2.05, 4.69) is 32.1 Å². The van der Waals surface area contributed by atoms with Gasteiger partial charge in [-0.2, -0.15) is 4.39 Å². The Morgan fingerprint density at radius 2 is 1.50 bits per heavy atom. The first kappa shape index (κ1) is 25.5. The lowest BCUT2D eigenvalue weighted by Crippen LogP contribution is -2.28. The highest BCUT2D eigenvalue weighted by atomic mass is 19.2. The molecule has 0 amide bonds. The maximum absolute atomic E-state index is 14.8. The van der Waals surface area contributed by atoms with Crippen molar-refractivity contribution in [2.45, 2.75) is 97.3 Å². The molecule has 2 fully saturated rings. The van der Waals surface area contributed by atoms with E-state index >= 15 is 0 Å². The number of halogens is 2. The number of unbranched alkanes of at least 4 members (excludes halogenated alkanes) is 1. The van der Waals surface area contributed by atoms with Crippen LogP contribution in [0.4, 0.5) is 8.78 Å². The van der Waals surface area contributed by atoms with Crippen LogP contribution in [-0.4, -0.2) is 6.61 Å². The smallest absolute Gasteiger partial charge is 0.201 e. The second kappa shape index (κ2) is 12.4. The zero-order chi connectivity index (χ0) is 23.9. The summed E-state index contributed by atoms with van der Waals surface area (Å²) in [4.78, 5) is 0. The summed E-state index contributed by atoms with van der Waals surface area (Å²) < 4.78 is 34.8. The van der Waals surface area contributed by atoms with Gasteiger partial charge in [-0.25, -0.2) is 4.39 Å². The molecule has 1 unspecified atom stereocenters. The molecule has 0 bridgehead atoms. The van der Waals surface area contributed by atoms with E-state index in [-0.39, 0.29) is 5.75 Å². The lowest BCUT2D eigenvalue weighted by atomic mass is 9.66. The van der Waals surface area contributed by atoms with Crippen LogP contribution < -0.4 is 4.74 Å². The molecule has 1 nitrogen and oxygen atoms in total. The molecule has 2 saturated carbocycles. The van der Waals surface area contributed by atoms with Gasteiger partial charge >= 0.3 is 0 Å². The van der Waals surface area contributed by atoms with E-state index in [0.717, 1.165) is 61.3 Å². The molecular formula is C31H44F2O. The van der Waals surface area contributed by atoms with Gasteiger partial charge in [-0.15, -0.1) is 0 Å². The van der Waals surface area contributed by atoms with E-state index in [0.29, 0.717) is 18.1 Å². The maximum atomic E-state index is 14.8. The van der Waals surface area contributed by atoms with Gasteiger partial charge in [0.2, 0.25) is 5.82 Å². The molecule has 0 saturated heterocycles. The van der Waals surface area contributed by atoms with Crippen LogP contribution >= 0.6 is 0 Å². The highest BCUT2D eigenvalue weighted by Crippen LogP contribution is 2.46. The Bertz CT molecular complexity index is 841. The lowest BCUT2D eigenvalue weighted by Gasteiger charge is -2.40. The Balaban J connectivity index is 1.27. The molecule has 0 spiro atoms. The van der Waals surface area contributed by atoms with Crippen LogP contribution in [0.25, 0.3) is 5.57 Å². The molecule has 4 rings (SSSR count). The van der Waals surface area contributed by atoms with E-state index in [4.69, 9.17) is 4.74 Å². The number of allylic oxidation sites excluding steroid dienone is 4. The zero-order valence-electron chi connectivity index (χ0n) is 21.3. The van der Waals surface area contributed by atoms with Crippen LogP contribution in [0.5, 0.6) is 5.75 Å². The number of hydrogen-bond acceptors (Lipinski definition) is 1. The Morgan fingerprint density at radius 3 is 2.09 bits per heavy atom. The third kappa shape index (κ3) is 6.13. The van der Waals surface area contributed by atoms with Crippen LogP contribution in [-0.2, 0) is 0 Å². The molecule has 0 radical (unpaired) electrons. The molecule has 0 heterocycles. The van der Waals surface area contributed by atoms with Gasteiger partial charge in [0.25, 0.3) is 0 Å². The van der Waals surface area contributed by atoms with Gasteiger partial charge in [-0.1, -0.05) is 31.6 Å². The van der Waals surface area contributed by atoms with Crippen molar-refractivity contribution in [3.8, 4) is 5.75 Å². The van der Waals surface area contributed by atoms with E-state index < -0.39 is 11.6 Å². The predicted octanol–water partition coefficient (Wildman–Crippen LogP) is 9.52. The molecule has 3 heteroatoms. The van der Waals surface area contributed by atoms with Crippen LogP contribution in [0.3, 0.4) is 0 Å². The summed E-state index contributed by atoms with van der Waals surface area (Å²) in [6.45, 7) is 4.62. The summed E-state index contributed by atoms with van der Waals surface area (Å²) in [5, 5.41) is 0. The van der Waals surface area contributed by atoms with Crippen molar-refractivity contribution in [3.05, 3.63) is 47.6 Å². The van der Waals surface area contributed by atoms with Crippen molar-refractivity contribution in [2.75, 3.05) is 6.61 Å². The average molecular weight is 471 g/mol. The minimum absolute atomic E-state index is 0.0380. The van der Waals surface area contributed by atoms with Gasteiger partial charge in [0.1, 0.15) is 0 Å². The summed E-state index contributed by atoms with van der Waals surface area (Å²) in [7, 11) is 0. The minimum atomic E-state index is -0.838. The normalized spacial score (nSPS) is 30.4. The molecule has 1 aromatic rings. The van der Waals surface area contributed by atoms with Crippen molar-refractivity contribution < 1.29 is 13.5 Å². The van der Waals surface area contributed by atoms with Crippen molar-refractivity contribution in [3.63, 3.8) is 0 Å². The first-order chi connectivity index (χ1) is 16.6. The zero-order valence-corrected chi connectivity index (χ0v) is 21.3. The fourth-order valence-electron chi connectivity index (χ4n) is 6.91. The number of ether oxygens (including phenoxy) is 1. The Kier molecular flexibility index (Phi) is 9.25. The molecule has 34 heavy (non-hydrogen) atoms. The van der Waals surface area contributed by atoms with Crippen LogP contribution in [0.1, 0.15) is 103 Å². The van der Waals surface area contributed by atoms with Crippen LogP contribution in [0, 0.1) is 41.2 Å². The summed E-state index contributed by atoms with van der Waals surface area (Å²) in [6.07, 6.45) is 22.7. The first-order valence-electron chi connectivity index (χ1n) is 14.0. The Labute approximate surface area is 206 Å². The standard InChI is InChI=1S/C31H44F2O/c1-3-5-21-34-29-20-19-28(30(32)31(29)33)27-17-15-26(16-18-27)25-13-11-24(12-14-25)23-9-7-22(6-4-2)8-10-23/h4,6,17,19-20,22-26H,3,5,7-16,18,21H2,1-2H3. The van der Waals surface area contributed by atoms with Gasteiger partial charge in [0.05, 0.1) is 6.61 Å². The lowest BCUT2D eigenvalue weighted by molar-refractivity contribution is 0.128. The Morgan fingerprint density at radius 1 is 0.853 bits per heavy atom. The predicted molar refractivity (Wildman–Crippen MR) is 138 cm³/mol. The minimum Gasteiger partial charge on any atom is -0.490 e. The largest absolute Gasteiger partial charge is 0.490 e. The maximum Gasteiger partial charge on any atom is 0.201 e. The number of hydrogen-bond donors (Lipinski definition) is 0. The quantitative estimate of drug-likeness (QED) is 0.271. The number of rotatable bonds is 8. The SMILES string of the molecule is CC=CC1CCC(C2CCC(C3CC=C(c4ccc(OCCCC)c(F)c4F)CC3)CC2)CC1. The third-order valence-electron chi connectivity index (χ3n) is 9.03. The molecule has 3 aliphatic rings. The monoisotopic (exact) mass is 470 g/mol. The van der Waals surface area contributed by atoms with E-state index in [1.54, 1.807) is 12.1 Å². The fourth-order valence-corrected chi connectivity index (χ4v) is 6.91. The van der Waals surface area contributed by atoms with E-state index in [9.17, 15) is 8.78 Å². The van der Waals surface area contributed by atoms with Gasteiger partial charge in [-0.3, -0.25) is 0 Å². The van der Waals surface area contributed by atoms with Gasteiger partial charge in [0.15, 0.2) is 11.6 Å². The summed E-state index contributed by atoms with van der Waals surface area (Å²) in [5.41, 5.74) is 1.40. The van der Waals surface area contributed by atoms with Gasteiger partial charge in [-0.05, 0) is 131 Å². The molecular weight excluding hydrogens is 426 g/mol. The second-order valence-electron chi connectivity index (χ2n) is 11.1. The Hall–Kier alpha value is -1.64. The summed E-state index contributed by atoms with van der Waals surface area (Å²) in [5.74, 6) is 2.68. The average Bonchev–Trinajstić information content (AvgIpc) is 2.88. The van der Waals surface area contributed by atoms with Gasteiger partial charge in [0, 0.05) is 5.56 Å². The topological polar surface area (TPSA) is 9.23 Å². The van der Waals surface area contributed by atoms with Crippen molar-refractivity contribution in [1.29, 1.82) is 0 Å². The van der Waals surface area contributed by atoms with Crippen LogP contribution in [0.2, 0.25) is 0 Å². The van der Waals surface area contributed by atoms with Crippen LogP contribution in [0.15, 0.2) is 30.4 Å². The van der Waals surface area contributed by atoms with E-state index in [1.807, 2.05) is 0 Å². The van der Waals surface area contributed by atoms with Crippen molar-refractivity contribution in [1.82, 2.24) is 0 Å². The fraction of sp³-hybridized carbons (Fsp3) is 0.677. The van der Waals surface area contributed by atoms with E-state index in [1.165, 1.54) is 51.4 Å².